The third kappa shape index (κ3) is 4.09. The highest BCUT2D eigenvalue weighted by atomic mass is 35.5. The minimum atomic E-state index is -0.794. The van der Waals surface area contributed by atoms with E-state index in [1.54, 1.807) is 19.2 Å². The van der Waals surface area contributed by atoms with Crippen LogP contribution >= 0.6 is 11.6 Å². The molecule has 6 heteroatoms. The Bertz CT molecular complexity index is 573. The Kier molecular flexibility index (Phi) is 5.47. The first-order valence-corrected chi connectivity index (χ1v) is 8.83. The van der Waals surface area contributed by atoms with Crippen LogP contribution in [0.5, 0.6) is 0 Å². The molecule has 1 N–H and O–H groups in total. The molecular weight excluding hydrogens is 333 g/mol. The van der Waals surface area contributed by atoms with E-state index in [-0.39, 0.29) is 11.4 Å². The van der Waals surface area contributed by atoms with Gasteiger partial charge in [0.2, 0.25) is 0 Å². The second-order valence-electron chi connectivity index (χ2n) is 7.13. The van der Waals surface area contributed by atoms with Crippen LogP contribution in [0.3, 0.4) is 0 Å². The molecule has 24 heavy (non-hydrogen) atoms. The van der Waals surface area contributed by atoms with Gasteiger partial charge < -0.3 is 14.6 Å². The van der Waals surface area contributed by atoms with Crippen LogP contribution in [0.15, 0.2) is 18.2 Å². The summed E-state index contributed by atoms with van der Waals surface area (Å²) < 4.78 is 25.2. The van der Waals surface area contributed by atoms with Gasteiger partial charge >= 0.3 is 0 Å². The maximum atomic E-state index is 14.0. The van der Waals surface area contributed by atoms with Crippen LogP contribution in [0, 0.1) is 5.82 Å². The third-order valence-electron chi connectivity index (χ3n) is 5.22. The van der Waals surface area contributed by atoms with Gasteiger partial charge in [0.25, 0.3) is 0 Å². The number of benzene rings is 1. The van der Waals surface area contributed by atoms with E-state index < -0.39 is 5.60 Å². The molecule has 2 aliphatic heterocycles. The number of piperidine rings is 1. The van der Waals surface area contributed by atoms with Gasteiger partial charge in [0.05, 0.1) is 24.4 Å². The van der Waals surface area contributed by atoms with E-state index in [2.05, 4.69) is 4.90 Å². The summed E-state index contributed by atoms with van der Waals surface area (Å²) in [7, 11) is 1.61. The topological polar surface area (TPSA) is 41.9 Å². The largest absolute Gasteiger partial charge is 0.387 e. The van der Waals surface area contributed by atoms with E-state index in [0.717, 1.165) is 25.9 Å². The summed E-state index contributed by atoms with van der Waals surface area (Å²) in [6, 6.07) is 4.83. The quantitative estimate of drug-likeness (QED) is 0.899. The average molecular weight is 358 g/mol. The Morgan fingerprint density at radius 1 is 1.33 bits per heavy atom. The molecule has 4 nitrogen and oxygen atoms in total. The number of methoxy groups -OCH3 is 1. The van der Waals surface area contributed by atoms with Crippen LogP contribution in [0.4, 0.5) is 4.39 Å². The lowest BCUT2D eigenvalue weighted by molar-refractivity contribution is -0.191. The molecule has 0 bridgehead atoms. The summed E-state index contributed by atoms with van der Waals surface area (Å²) in [5.41, 5.74) is -0.409. The normalized spacial score (nSPS) is 27.5. The molecule has 2 fully saturated rings. The molecule has 0 saturated carbocycles. The fourth-order valence-electron chi connectivity index (χ4n) is 3.92. The van der Waals surface area contributed by atoms with Crippen molar-refractivity contribution in [2.75, 3.05) is 33.4 Å². The van der Waals surface area contributed by atoms with Crippen molar-refractivity contribution in [2.45, 2.75) is 43.4 Å². The Morgan fingerprint density at radius 2 is 2.08 bits per heavy atom. The first kappa shape index (κ1) is 18.1. The summed E-state index contributed by atoms with van der Waals surface area (Å²) in [5.74, 6) is -0.258. The van der Waals surface area contributed by atoms with Crippen molar-refractivity contribution in [3.05, 3.63) is 34.6 Å². The second-order valence-corrected chi connectivity index (χ2v) is 7.56. The fourth-order valence-corrected chi connectivity index (χ4v) is 4.08. The number of rotatable bonds is 4. The molecule has 0 radical (unpaired) electrons. The zero-order chi connectivity index (χ0) is 17.2. The molecule has 2 saturated heterocycles. The standard InChI is InChI=1S/C18H25ClFNO3/c1-23-13-17(22)6-9-24-18(12-17)4-7-21(8-5-18)11-14-2-3-15(19)10-16(14)20/h2-3,10,22H,4-9,11-13H2,1H3. The maximum absolute atomic E-state index is 14.0. The number of nitrogens with zero attached hydrogens (tertiary/aromatic N) is 1. The Balaban J connectivity index is 1.59. The second kappa shape index (κ2) is 7.26. The smallest absolute Gasteiger partial charge is 0.129 e. The van der Waals surface area contributed by atoms with Crippen molar-refractivity contribution < 1.29 is 19.0 Å². The van der Waals surface area contributed by atoms with Crippen LogP contribution in [0.25, 0.3) is 0 Å². The number of likely N-dealkylation sites (tertiary alicyclic amines) is 1. The average Bonchev–Trinajstić information content (AvgIpc) is 2.52. The van der Waals surface area contributed by atoms with Crippen molar-refractivity contribution in [3.8, 4) is 0 Å². The molecule has 1 atom stereocenters. The fraction of sp³-hybridized carbons (Fsp3) is 0.667. The first-order chi connectivity index (χ1) is 11.4. The molecule has 134 valence electrons. The Morgan fingerprint density at radius 3 is 2.75 bits per heavy atom. The Hall–Kier alpha value is -0.720. The van der Waals surface area contributed by atoms with Gasteiger partial charge in [-0.05, 0) is 25.0 Å². The van der Waals surface area contributed by atoms with Crippen LogP contribution < -0.4 is 0 Å². The van der Waals surface area contributed by atoms with E-state index in [4.69, 9.17) is 21.1 Å². The lowest BCUT2D eigenvalue weighted by atomic mass is 9.77. The zero-order valence-corrected chi connectivity index (χ0v) is 14.8. The van der Waals surface area contributed by atoms with Gasteiger partial charge in [-0.15, -0.1) is 0 Å². The van der Waals surface area contributed by atoms with Gasteiger partial charge in [0.15, 0.2) is 0 Å². The van der Waals surface area contributed by atoms with E-state index in [1.165, 1.54) is 6.07 Å². The van der Waals surface area contributed by atoms with E-state index in [1.807, 2.05) is 0 Å². The van der Waals surface area contributed by atoms with Crippen molar-refractivity contribution in [3.63, 3.8) is 0 Å². The molecule has 0 aromatic heterocycles. The van der Waals surface area contributed by atoms with Crippen molar-refractivity contribution in [1.82, 2.24) is 4.90 Å². The molecule has 0 amide bonds. The molecule has 1 aromatic carbocycles. The predicted molar refractivity (Wildman–Crippen MR) is 90.7 cm³/mol. The summed E-state index contributed by atoms with van der Waals surface area (Å²) in [5, 5.41) is 11.1. The summed E-state index contributed by atoms with van der Waals surface area (Å²) >= 11 is 5.81. The highest BCUT2D eigenvalue weighted by Crippen LogP contribution is 2.40. The molecule has 0 aliphatic carbocycles. The highest BCUT2D eigenvalue weighted by Gasteiger charge is 2.46. The maximum Gasteiger partial charge on any atom is 0.129 e. The van der Waals surface area contributed by atoms with Crippen molar-refractivity contribution in [2.24, 2.45) is 0 Å². The summed E-state index contributed by atoms with van der Waals surface area (Å²) in [6.07, 6.45) is 2.90. The number of aliphatic hydroxyl groups is 1. The summed E-state index contributed by atoms with van der Waals surface area (Å²) in [4.78, 5) is 2.23. The minimum absolute atomic E-state index is 0.258. The molecule has 2 heterocycles. The van der Waals surface area contributed by atoms with Gasteiger partial charge in [-0.25, -0.2) is 4.39 Å². The monoisotopic (exact) mass is 357 g/mol. The van der Waals surface area contributed by atoms with Crippen LogP contribution in [-0.2, 0) is 16.0 Å². The Labute approximate surface area is 147 Å². The SMILES string of the molecule is COCC1(O)CCOC2(CCN(Cc3ccc(Cl)cc3F)CC2)C1. The number of ether oxygens (including phenoxy) is 2. The predicted octanol–water partition coefficient (Wildman–Crippen LogP) is 3.00. The van der Waals surface area contributed by atoms with Crippen molar-refractivity contribution in [1.29, 1.82) is 0 Å². The molecule has 1 aromatic rings. The lowest BCUT2D eigenvalue weighted by Gasteiger charge is -2.49. The van der Waals surface area contributed by atoms with Gasteiger partial charge in [-0.2, -0.15) is 0 Å². The van der Waals surface area contributed by atoms with E-state index in [9.17, 15) is 9.50 Å². The summed E-state index contributed by atoms with van der Waals surface area (Å²) in [6.45, 7) is 3.13. The minimum Gasteiger partial charge on any atom is -0.387 e. The van der Waals surface area contributed by atoms with Gasteiger partial charge in [0.1, 0.15) is 5.82 Å². The van der Waals surface area contributed by atoms with Crippen molar-refractivity contribution >= 4 is 11.6 Å². The van der Waals surface area contributed by atoms with E-state index in [0.29, 0.717) is 43.2 Å². The van der Waals surface area contributed by atoms with Crippen LogP contribution in [0.2, 0.25) is 5.02 Å². The van der Waals surface area contributed by atoms with Gasteiger partial charge in [0, 0.05) is 50.2 Å². The third-order valence-corrected chi connectivity index (χ3v) is 5.45. The molecule has 3 rings (SSSR count). The molecular formula is C18H25ClFNO3. The number of halogens is 2. The highest BCUT2D eigenvalue weighted by molar-refractivity contribution is 6.30. The van der Waals surface area contributed by atoms with Gasteiger partial charge in [-0.3, -0.25) is 4.90 Å². The molecule has 1 spiro atoms. The first-order valence-electron chi connectivity index (χ1n) is 8.45. The number of hydrogen-bond acceptors (Lipinski definition) is 4. The van der Waals surface area contributed by atoms with Crippen LogP contribution in [0.1, 0.15) is 31.2 Å². The van der Waals surface area contributed by atoms with E-state index >= 15 is 0 Å². The molecule has 2 aliphatic rings. The van der Waals surface area contributed by atoms with Crippen LogP contribution in [-0.4, -0.2) is 54.6 Å². The number of hydrogen-bond donors (Lipinski definition) is 1. The zero-order valence-electron chi connectivity index (χ0n) is 14.1. The lowest BCUT2D eigenvalue weighted by Crippen LogP contribution is -2.55. The molecule has 1 unspecified atom stereocenters. The van der Waals surface area contributed by atoms with Gasteiger partial charge in [-0.1, -0.05) is 17.7 Å².